The fraction of sp³-hybridized carbons (Fsp3) is 0.846. The molecular weight excluding hydrogens is 216 g/mol. The van der Waals surface area contributed by atoms with E-state index in [0.717, 1.165) is 45.1 Å². The maximum Gasteiger partial charge on any atom is 0.306 e. The van der Waals surface area contributed by atoms with Crippen molar-refractivity contribution in [1.29, 1.82) is 5.26 Å². The van der Waals surface area contributed by atoms with Crippen LogP contribution in [0.2, 0.25) is 0 Å². The van der Waals surface area contributed by atoms with E-state index in [1.807, 2.05) is 0 Å². The molecule has 0 radical (unpaired) electrons. The van der Waals surface area contributed by atoms with E-state index < -0.39 is 5.97 Å². The van der Waals surface area contributed by atoms with Crippen molar-refractivity contribution in [3.63, 3.8) is 0 Å². The Bertz CT molecular complexity index is 323. The lowest BCUT2D eigenvalue weighted by atomic mass is 9.86. The summed E-state index contributed by atoms with van der Waals surface area (Å²) in [7, 11) is 0. The average molecular weight is 236 g/mol. The van der Waals surface area contributed by atoms with Gasteiger partial charge >= 0.3 is 5.97 Å². The lowest BCUT2D eigenvalue weighted by molar-refractivity contribution is -0.142. The van der Waals surface area contributed by atoms with Crippen molar-refractivity contribution in [3.05, 3.63) is 0 Å². The zero-order valence-electron chi connectivity index (χ0n) is 10.1. The highest BCUT2D eigenvalue weighted by atomic mass is 16.4. The normalized spacial score (nSPS) is 30.5. The molecule has 0 aliphatic heterocycles. The molecule has 4 nitrogen and oxygen atoms in total. The molecule has 2 saturated carbocycles. The monoisotopic (exact) mass is 236 g/mol. The van der Waals surface area contributed by atoms with Crippen molar-refractivity contribution in [1.82, 2.24) is 5.32 Å². The minimum atomic E-state index is -0.647. The molecule has 0 aromatic rings. The largest absolute Gasteiger partial charge is 0.481 e. The standard InChI is InChI=1S/C13H20N2O2/c14-8-7-13(5-6-13)9-15-11-3-1-10(2-4-11)12(16)17/h10-11,15H,1-7,9H2,(H,16,17). The predicted molar refractivity (Wildman–Crippen MR) is 63.3 cm³/mol. The van der Waals surface area contributed by atoms with Gasteiger partial charge in [0.1, 0.15) is 0 Å². The second-order valence-corrected chi connectivity index (χ2v) is 5.60. The number of nitriles is 1. The van der Waals surface area contributed by atoms with Crippen LogP contribution in [0.3, 0.4) is 0 Å². The van der Waals surface area contributed by atoms with Crippen LogP contribution in [0.15, 0.2) is 0 Å². The summed E-state index contributed by atoms with van der Waals surface area (Å²) >= 11 is 0. The number of nitrogens with one attached hydrogen (secondary N) is 1. The van der Waals surface area contributed by atoms with Gasteiger partial charge in [-0.05, 0) is 43.9 Å². The highest BCUT2D eigenvalue weighted by Gasteiger charge is 2.42. The lowest BCUT2D eigenvalue weighted by Crippen LogP contribution is -2.38. The van der Waals surface area contributed by atoms with Gasteiger partial charge in [0, 0.05) is 19.0 Å². The Morgan fingerprint density at radius 2 is 2.00 bits per heavy atom. The van der Waals surface area contributed by atoms with Crippen LogP contribution in [0.4, 0.5) is 0 Å². The summed E-state index contributed by atoms with van der Waals surface area (Å²) in [6.07, 6.45) is 6.48. The van der Waals surface area contributed by atoms with Gasteiger partial charge in [-0.3, -0.25) is 4.79 Å². The highest BCUT2D eigenvalue weighted by Crippen LogP contribution is 2.48. The molecule has 0 aromatic carbocycles. The van der Waals surface area contributed by atoms with Crippen LogP contribution in [0, 0.1) is 22.7 Å². The third kappa shape index (κ3) is 3.19. The number of hydrogen-bond acceptors (Lipinski definition) is 3. The zero-order chi connectivity index (χ0) is 12.3. The molecule has 2 N–H and O–H groups in total. The smallest absolute Gasteiger partial charge is 0.306 e. The lowest BCUT2D eigenvalue weighted by Gasteiger charge is -2.28. The van der Waals surface area contributed by atoms with Gasteiger partial charge in [-0.25, -0.2) is 0 Å². The quantitative estimate of drug-likeness (QED) is 0.764. The van der Waals surface area contributed by atoms with Crippen LogP contribution in [0.25, 0.3) is 0 Å². The molecule has 0 amide bonds. The Kier molecular flexibility index (Phi) is 3.68. The van der Waals surface area contributed by atoms with Gasteiger partial charge < -0.3 is 10.4 Å². The number of rotatable bonds is 5. The Balaban J connectivity index is 1.69. The topological polar surface area (TPSA) is 73.1 Å². The molecule has 94 valence electrons. The first kappa shape index (κ1) is 12.4. The second kappa shape index (κ2) is 5.05. The van der Waals surface area contributed by atoms with Crippen molar-refractivity contribution >= 4 is 5.97 Å². The fourth-order valence-corrected chi connectivity index (χ4v) is 2.67. The Labute approximate surface area is 102 Å². The maximum atomic E-state index is 10.8. The molecule has 0 bridgehead atoms. The Morgan fingerprint density at radius 3 is 2.47 bits per heavy atom. The molecule has 0 heterocycles. The summed E-state index contributed by atoms with van der Waals surface area (Å²) in [5, 5.41) is 21.2. The van der Waals surface area contributed by atoms with Crippen molar-refractivity contribution in [2.75, 3.05) is 6.54 Å². The van der Waals surface area contributed by atoms with Crippen molar-refractivity contribution in [2.24, 2.45) is 11.3 Å². The number of carboxylic acids is 1. The van der Waals surface area contributed by atoms with Gasteiger partial charge in [0.2, 0.25) is 0 Å². The Morgan fingerprint density at radius 1 is 1.35 bits per heavy atom. The maximum absolute atomic E-state index is 10.8. The average Bonchev–Trinajstić information content (AvgIpc) is 3.08. The van der Waals surface area contributed by atoms with E-state index in [0.29, 0.717) is 12.5 Å². The van der Waals surface area contributed by atoms with Gasteiger partial charge in [0.25, 0.3) is 0 Å². The van der Waals surface area contributed by atoms with Gasteiger partial charge in [-0.15, -0.1) is 0 Å². The molecule has 0 unspecified atom stereocenters. The number of carboxylic acid groups (broad SMARTS) is 1. The highest BCUT2D eigenvalue weighted by molar-refractivity contribution is 5.70. The molecule has 2 aliphatic carbocycles. The van der Waals surface area contributed by atoms with Crippen molar-refractivity contribution < 1.29 is 9.90 Å². The van der Waals surface area contributed by atoms with E-state index in [9.17, 15) is 4.79 Å². The molecule has 0 atom stereocenters. The molecule has 2 rings (SSSR count). The van der Waals surface area contributed by atoms with Crippen LogP contribution >= 0.6 is 0 Å². The number of aliphatic carboxylic acids is 1. The van der Waals surface area contributed by atoms with Gasteiger partial charge in [0.05, 0.1) is 12.0 Å². The van der Waals surface area contributed by atoms with E-state index in [1.54, 1.807) is 0 Å². The summed E-state index contributed by atoms with van der Waals surface area (Å²) < 4.78 is 0. The van der Waals surface area contributed by atoms with E-state index in [-0.39, 0.29) is 11.3 Å². The molecule has 0 aromatic heterocycles. The van der Waals surface area contributed by atoms with E-state index >= 15 is 0 Å². The first-order valence-corrected chi connectivity index (χ1v) is 6.48. The van der Waals surface area contributed by atoms with E-state index in [4.69, 9.17) is 10.4 Å². The number of nitrogens with zero attached hydrogens (tertiary/aromatic N) is 1. The molecule has 2 fully saturated rings. The second-order valence-electron chi connectivity index (χ2n) is 5.60. The first-order valence-electron chi connectivity index (χ1n) is 6.48. The van der Waals surface area contributed by atoms with Crippen LogP contribution in [-0.4, -0.2) is 23.7 Å². The minimum absolute atomic E-state index is 0.137. The summed E-state index contributed by atoms with van der Waals surface area (Å²) in [5.74, 6) is -0.784. The van der Waals surface area contributed by atoms with Crippen molar-refractivity contribution in [2.45, 2.75) is 51.0 Å². The van der Waals surface area contributed by atoms with Crippen LogP contribution < -0.4 is 5.32 Å². The summed E-state index contributed by atoms with van der Waals surface area (Å²) in [6, 6.07) is 2.72. The minimum Gasteiger partial charge on any atom is -0.481 e. The molecular formula is C13H20N2O2. The summed E-state index contributed by atoms with van der Waals surface area (Å²) in [6.45, 7) is 0.933. The van der Waals surface area contributed by atoms with Crippen LogP contribution in [0.1, 0.15) is 44.9 Å². The van der Waals surface area contributed by atoms with Gasteiger partial charge in [0.15, 0.2) is 0 Å². The SMILES string of the molecule is N#CCC1(CNC2CCC(C(=O)O)CC2)CC1. The third-order valence-electron chi connectivity index (χ3n) is 4.25. The molecule has 2 aliphatic rings. The number of hydrogen-bond donors (Lipinski definition) is 2. The Hall–Kier alpha value is -1.08. The van der Waals surface area contributed by atoms with Crippen LogP contribution in [0.5, 0.6) is 0 Å². The van der Waals surface area contributed by atoms with Crippen molar-refractivity contribution in [3.8, 4) is 6.07 Å². The van der Waals surface area contributed by atoms with Crippen LogP contribution in [-0.2, 0) is 4.79 Å². The number of carbonyl (C=O) groups is 1. The fourth-order valence-electron chi connectivity index (χ4n) is 2.67. The summed E-state index contributed by atoms with van der Waals surface area (Å²) in [4.78, 5) is 10.8. The zero-order valence-corrected chi connectivity index (χ0v) is 10.1. The van der Waals surface area contributed by atoms with Gasteiger partial charge in [-0.1, -0.05) is 0 Å². The van der Waals surface area contributed by atoms with E-state index in [1.165, 1.54) is 0 Å². The molecule has 0 spiro atoms. The third-order valence-corrected chi connectivity index (χ3v) is 4.25. The van der Waals surface area contributed by atoms with Gasteiger partial charge in [-0.2, -0.15) is 5.26 Å². The first-order chi connectivity index (χ1) is 8.15. The molecule has 0 saturated heterocycles. The molecule has 4 heteroatoms. The predicted octanol–water partition coefficient (Wildman–Crippen LogP) is 1.91. The summed E-state index contributed by atoms with van der Waals surface area (Å²) in [5.41, 5.74) is 0.248. The van der Waals surface area contributed by atoms with E-state index in [2.05, 4.69) is 11.4 Å². The molecule has 17 heavy (non-hydrogen) atoms.